The van der Waals surface area contributed by atoms with Gasteiger partial charge < -0.3 is 15.0 Å². The monoisotopic (exact) mass is 423 g/mol. The van der Waals surface area contributed by atoms with Gasteiger partial charge in [-0.25, -0.2) is 4.98 Å². The van der Waals surface area contributed by atoms with E-state index in [-0.39, 0.29) is 11.8 Å². The van der Waals surface area contributed by atoms with Crippen molar-refractivity contribution in [1.82, 2.24) is 15.2 Å². The van der Waals surface area contributed by atoms with E-state index < -0.39 is 0 Å². The van der Waals surface area contributed by atoms with Gasteiger partial charge in [0.25, 0.3) is 5.91 Å². The summed E-state index contributed by atoms with van der Waals surface area (Å²) in [6.07, 6.45) is 2.06. The average molecular weight is 424 g/mol. The Labute approximate surface area is 179 Å². The molecular formula is C23H25N3O3S. The van der Waals surface area contributed by atoms with Crippen molar-refractivity contribution in [2.75, 3.05) is 26.3 Å². The number of fused-ring (bicyclic) bond motifs is 1. The van der Waals surface area contributed by atoms with Gasteiger partial charge in [0.15, 0.2) is 0 Å². The Morgan fingerprint density at radius 2 is 1.83 bits per heavy atom. The smallest absolute Gasteiger partial charge is 0.254 e. The van der Waals surface area contributed by atoms with Crippen LogP contribution in [0.5, 0.6) is 0 Å². The van der Waals surface area contributed by atoms with E-state index in [2.05, 4.69) is 16.4 Å². The zero-order valence-corrected chi connectivity index (χ0v) is 17.6. The Kier molecular flexibility index (Phi) is 6.71. The molecule has 6 nitrogen and oxygen atoms in total. The number of carbonyl (C=O) groups excluding carboxylic acids is 2. The van der Waals surface area contributed by atoms with Crippen LogP contribution >= 0.6 is 11.3 Å². The first-order valence-corrected chi connectivity index (χ1v) is 11.1. The summed E-state index contributed by atoms with van der Waals surface area (Å²) in [6, 6.07) is 15.5. The summed E-state index contributed by atoms with van der Waals surface area (Å²) >= 11 is 1.69. The van der Waals surface area contributed by atoms with Crippen molar-refractivity contribution in [3.8, 4) is 0 Å². The van der Waals surface area contributed by atoms with E-state index in [0.717, 1.165) is 28.9 Å². The van der Waals surface area contributed by atoms with Crippen LogP contribution in [0.4, 0.5) is 0 Å². The zero-order valence-electron chi connectivity index (χ0n) is 16.8. The Morgan fingerprint density at radius 3 is 2.60 bits per heavy atom. The minimum Gasteiger partial charge on any atom is -0.378 e. The Hall–Kier alpha value is -2.77. The zero-order chi connectivity index (χ0) is 20.8. The SMILES string of the molecule is O=C(CCCc1nc2ccccc2s1)NCc1ccc(C(=O)N2CCOCC2)cc1. The summed E-state index contributed by atoms with van der Waals surface area (Å²) in [4.78, 5) is 31.0. The third-order valence-electron chi connectivity index (χ3n) is 5.12. The maximum absolute atomic E-state index is 12.5. The number of hydrogen-bond donors (Lipinski definition) is 1. The third-order valence-corrected chi connectivity index (χ3v) is 6.22. The number of thiazole rings is 1. The molecule has 0 saturated carbocycles. The molecule has 1 aromatic heterocycles. The highest BCUT2D eigenvalue weighted by Gasteiger charge is 2.18. The van der Waals surface area contributed by atoms with Gasteiger partial charge in [-0.05, 0) is 42.7 Å². The number of carbonyl (C=O) groups is 2. The van der Waals surface area contributed by atoms with Gasteiger partial charge in [-0.15, -0.1) is 11.3 Å². The molecule has 2 heterocycles. The minimum atomic E-state index is 0.0312. The molecule has 1 aliphatic heterocycles. The van der Waals surface area contributed by atoms with E-state index >= 15 is 0 Å². The molecule has 7 heteroatoms. The molecule has 0 radical (unpaired) electrons. The Morgan fingerprint density at radius 1 is 1.07 bits per heavy atom. The van der Waals surface area contributed by atoms with E-state index in [0.29, 0.717) is 44.8 Å². The van der Waals surface area contributed by atoms with Gasteiger partial charge in [0.1, 0.15) is 0 Å². The number of benzene rings is 2. The molecule has 30 heavy (non-hydrogen) atoms. The molecule has 1 saturated heterocycles. The normalized spacial score (nSPS) is 14.1. The number of nitrogens with one attached hydrogen (secondary N) is 1. The number of para-hydroxylation sites is 1. The Bertz CT molecular complexity index is 977. The molecule has 156 valence electrons. The average Bonchev–Trinajstić information content (AvgIpc) is 3.21. The number of aryl methyl sites for hydroxylation is 1. The van der Waals surface area contributed by atoms with Crippen molar-refractivity contribution >= 4 is 33.4 Å². The molecular weight excluding hydrogens is 398 g/mol. The van der Waals surface area contributed by atoms with Gasteiger partial charge in [-0.3, -0.25) is 9.59 Å². The van der Waals surface area contributed by atoms with Gasteiger partial charge in [0.05, 0.1) is 28.4 Å². The molecule has 1 aliphatic rings. The summed E-state index contributed by atoms with van der Waals surface area (Å²) in [7, 11) is 0. The highest BCUT2D eigenvalue weighted by Crippen LogP contribution is 2.22. The second-order valence-electron chi connectivity index (χ2n) is 7.31. The highest BCUT2D eigenvalue weighted by atomic mass is 32.1. The first-order chi connectivity index (χ1) is 14.7. The topological polar surface area (TPSA) is 71.5 Å². The van der Waals surface area contributed by atoms with Gasteiger partial charge >= 0.3 is 0 Å². The fraction of sp³-hybridized carbons (Fsp3) is 0.348. The second-order valence-corrected chi connectivity index (χ2v) is 8.42. The van der Waals surface area contributed by atoms with Crippen molar-refractivity contribution in [3.63, 3.8) is 0 Å². The molecule has 0 unspecified atom stereocenters. The number of amides is 2. The lowest BCUT2D eigenvalue weighted by Gasteiger charge is -2.26. The van der Waals surface area contributed by atoms with Crippen LogP contribution in [0.25, 0.3) is 10.2 Å². The Balaban J connectivity index is 1.20. The molecule has 2 amide bonds. The molecule has 2 aromatic carbocycles. The maximum atomic E-state index is 12.5. The van der Waals surface area contributed by atoms with Crippen LogP contribution in [0, 0.1) is 0 Å². The summed E-state index contributed by atoms with van der Waals surface area (Å²) in [6.45, 7) is 2.91. The number of hydrogen-bond acceptors (Lipinski definition) is 5. The van der Waals surface area contributed by atoms with Crippen molar-refractivity contribution in [2.24, 2.45) is 0 Å². The fourth-order valence-electron chi connectivity index (χ4n) is 3.43. The van der Waals surface area contributed by atoms with Gasteiger partial charge in [-0.2, -0.15) is 0 Å². The largest absolute Gasteiger partial charge is 0.378 e. The molecule has 3 aromatic rings. The standard InChI is InChI=1S/C23H25N3O3S/c27-21(6-3-7-22-25-19-4-1-2-5-20(19)30-22)24-16-17-8-10-18(11-9-17)23(28)26-12-14-29-15-13-26/h1-2,4-5,8-11H,3,6-7,12-16H2,(H,24,27). The molecule has 0 bridgehead atoms. The molecule has 0 atom stereocenters. The fourth-order valence-corrected chi connectivity index (χ4v) is 4.44. The quantitative estimate of drug-likeness (QED) is 0.632. The van der Waals surface area contributed by atoms with E-state index in [1.54, 1.807) is 11.3 Å². The van der Waals surface area contributed by atoms with E-state index in [4.69, 9.17) is 4.74 Å². The summed E-state index contributed by atoms with van der Waals surface area (Å²) in [5.41, 5.74) is 2.67. The van der Waals surface area contributed by atoms with Gasteiger partial charge in [-0.1, -0.05) is 24.3 Å². The number of nitrogens with zero attached hydrogens (tertiary/aromatic N) is 2. The summed E-state index contributed by atoms with van der Waals surface area (Å²) in [5.74, 6) is 0.0633. The first-order valence-electron chi connectivity index (χ1n) is 10.3. The number of ether oxygens (including phenoxy) is 1. The predicted octanol–water partition coefficient (Wildman–Crippen LogP) is 3.41. The highest BCUT2D eigenvalue weighted by molar-refractivity contribution is 7.18. The van der Waals surface area contributed by atoms with E-state index in [9.17, 15) is 9.59 Å². The van der Waals surface area contributed by atoms with Crippen molar-refractivity contribution < 1.29 is 14.3 Å². The third kappa shape index (κ3) is 5.23. The second kappa shape index (κ2) is 9.82. The van der Waals surface area contributed by atoms with E-state index in [1.807, 2.05) is 47.4 Å². The predicted molar refractivity (Wildman–Crippen MR) is 118 cm³/mol. The van der Waals surface area contributed by atoms with Gasteiger partial charge in [0.2, 0.25) is 5.91 Å². The van der Waals surface area contributed by atoms with Crippen LogP contribution in [-0.2, 0) is 22.5 Å². The van der Waals surface area contributed by atoms with Crippen molar-refractivity contribution in [3.05, 3.63) is 64.7 Å². The van der Waals surface area contributed by atoms with Crippen LogP contribution in [0.3, 0.4) is 0 Å². The van der Waals surface area contributed by atoms with Crippen LogP contribution in [0.15, 0.2) is 48.5 Å². The van der Waals surface area contributed by atoms with Crippen molar-refractivity contribution in [2.45, 2.75) is 25.8 Å². The minimum absolute atomic E-state index is 0.0312. The van der Waals surface area contributed by atoms with Crippen LogP contribution in [0.2, 0.25) is 0 Å². The van der Waals surface area contributed by atoms with Crippen LogP contribution < -0.4 is 5.32 Å². The van der Waals surface area contributed by atoms with Gasteiger partial charge in [0, 0.05) is 31.6 Å². The molecule has 0 aliphatic carbocycles. The number of aromatic nitrogens is 1. The lowest BCUT2D eigenvalue weighted by Crippen LogP contribution is -2.40. The lowest BCUT2D eigenvalue weighted by molar-refractivity contribution is -0.121. The molecule has 1 N–H and O–H groups in total. The lowest BCUT2D eigenvalue weighted by atomic mass is 10.1. The molecule has 4 rings (SSSR count). The first kappa shape index (κ1) is 20.5. The van der Waals surface area contributed by atoms with Crippen LogP contribution in [-0.4, -0.2) is 48.0 Å². The summed E-state index contributed by atoms with van der Waals surface area (Å²) in [5, 5.41) is 4.03. The number of rotatable bonds is 7. The number of morpholine rings is 1. The van der Waals surface area contributed by atoms with Crippen molar-refractivity contribution in [1.29, 1.82) is 0 Å². The maximum Gasteiger partial charge on any atom is 0.254 e. The molecule has 0 spiro atoms. The molecule has 1 fully saturated rings. The van der Waals surface area contributed by atoms with E-state index in [1.165, 1.54) is 4.70 Å². The summed E-state index contributed by atoms with van der Waals surface area (Å²) < 4.78 is 6.48. The van der Waals surface area contributed by atoms with Crippen LogP contribution in [0.1, 0.15) is 33.8 Å².